The van der Waals surface area contributed by atoms with E-state index in [0.29, 0.717) is 17.9 Å². The zero-order valence-corrected chi connectivity index (χ0v) is 23.7. The molecule has 0 radical (unpaired) electrons. The van der Waals surface area contributed by atoms with Crippen LogP contribution in [-0.2, 0) is 30.4 Å². The molecular weight excluding hydrogens is 637 g/mol. The maximum absolute atomic E-state index is 12.3. The molecule has 4 rings (SSSR count). The molecule has 3 N–H and O–H groups in total. The molecule has 0 spiro atoms. The molecule has 0 amide bonds. The summed E-state index contributed by atoms with van der Waals surface area (Å²) in [5, 5.41) is 0.193. The summed E-state index contributed by atoms with van der Waals surface area (Å²) in [6.45, 7) is 2.40. The van der Waals surface area contributed by atoms with Crippen LogP contribution in [-0.4, -0.2) is 134 Å². The zero-order valence-electron chi connectivity index (χ0n) is 21.3. The van der Waals surface area contributed by atoms with Crippen molar-refractivity contribution >= 4 is 151 Å². The summed E-state index contributed by atoms with van der Waals surface area (Å²) in [5.74, 6) is 0.0955. The Bertz CT molecular complexity index is 1810. The van der Waals surface area contributed by atoms with Crippen LogP contribution < -0.4 is 4.74 Å². The Kier molecular flexibility index (Phi) is 15.7. The van der Waals surface area contributed by atoms with Gasteiger partial charge in [0.1, 0.15) is 20.4 Å². The Morgan fingerprint density at radius 2 is 0.905 bits per heavy atom. The van der Waals surface area contributed by atoms with E-state index in [2.05, 4.69) is 6.92 Å². The maximum atomic E-state index is 12.3. The monoisotopic (exact) mass is 670 g/mol. The SMILES string of the molecule is CCCCCCCCCCOc1cc(S(=O)(=O)O)c2ccc3c(S(=O)(=O)O)cc(S(=O)(=O)O)c4ccc1c2c43.[NaH].[NaH].[NaH]. The third kappa shape index (κ3) is 9.04. The number of rotatable bonds is 13. The molecule has 0 saturated carbocycles. The molecule has 0 aliphatic heterocycles. The molecule has 42 heavy (non-hydrogen) atoms. The van der Waals surface area contributed by atoms with E-state index in [1.54, 1.807) is 0 Å². The average Bonchev–Trinajstić information content (AvgIpc) is 2.84. The van der Waals surface area contributed by atoms with Gasteiger partial charge in [-0.2, -0.15) is 25.3 Å². The third-order valence-electron chi connectivity index (χ3n) is 6.84. The van der Waals surface area contributed by atoms with Gasteiger partial charge in [0.15, 0.2) is 0 Å². The van der Waals surface area contributed by atoms with Gasteiger partial charge in [0.05, 0.1) is 6.61 Å². The number of ether oxygens (including phenoxy) is 1. The van der Waals surface area contributed by atoms with Gasteiger partial charge in [-0.15, -0.1) is 0 Å². The Morgan fingerprint density at radius 1 is 0.548 bits per heavy atom. The summed E-state index contributed by atoms with van der Waals surface area (Å²) in [4.78, 5) is -2.08. The van der Waals surface area contributed by atoms with Crippen LogP contribution in [0.25, 0.3) is 32.3 Å². The first-order chi connectivity index (χ1) is 18.2. The Balaban J connectivity index is 0.00000294. The summed E-state index contributed by atoms with van der Waals surface area (Å²) in [6.07, 6.45) is 8.48. The second kappa shape index (κ2) is 16.3. The molecule has 0 heterocycles. The van der Waals surface area contributed by atoms with Crippen molar-refractivity contribution in [1.82, 2.24) is 0 Å². The normalized spacial score (nSPS) is 12.2. The summed E-state index contributed by atoms with van der Waals surface area (Å²) < 4.78 is 109. The number of unbranched alkanes of at least 4 members (excludes halogenated alkanes) is 7. The molecule has 0 fully saturated rings. The number of hydrogen-bond donors (Lipinski definition) is 3. The quantitative estimate of drug-likeness (QED) is 0.0820. The minimum absolute atomic E-state index is 0. The first kappa shape index (κ1) is 40.5. The Hall–Kier alpha value is 0.450. The molecule has 0 aromatic heterocycles. The van der Waals surface area contributed by atoms with Crippen molar-refractivity contribution in [1.29, 1.82) is 0 Å². The van der Waals surface area contributed by atoms with Crippen LogP contribution in [0, 0.1) is 0 Å². The van der Waals surface area contributed by atoms with E-state index in [1.807, 2.05) is 0 Å². The molecule has 0 aliphatic carbocycles. The first-order valence-corrected chi connectivity index (χ1v) is 16.9. The van der Waals surface area contributed by atoms with Gasteiger partial charge in [0.25, 0.3) is 30.4 Å². The summed E-state index contributed by atoms with van der Waals surface area (Å²) in [7, 11) is -14.7. The van der Waals surface area contributed by atoms with Crippen molar-refractivity contribution in [3.05, 3.63) is 36.4 Å². The molecule has 10 nitrogen and oxygen atoms in total. The van der Waals surface area contributed by atoms with Crippen molar-refractivity contribution < 1.29 is 43.6 Å². The zero-order chi connectivity index (χ0) is 28.6. The fourth-order valence-electron chi connectivity index (χ4n) is 5.04. The summed E-state index contributed by atoms with van der Waals surface area (Å²) in [5.41, 5.74) is 0. The molecular formula is C26H33Na3O10S3. The molecule has 0 aliphatic rings. The third-order valence-corrected chi connectivity index (χ3v) is 9.52. The molecule has 4 aromatic rings. The van der Waals surface area contributed by atoms with Crippen molar-refractivity contribution in [3.63, 3.8) is 0 Å². The van der Waals surface area contributed by atoms with Crippen LogP contribution in [0.4, 0.5) is 0 Å². The van der Waals surface area contributed by atoms with Crippen LogP contribution >= 0.6 is 0 Å². The molecule has 0 unspecified atom stereocenters. The Morgan fingerprint density at radius 3 is 1.33 bits per heavy atom. The fraction of sp³-hybridized carbons (Fsp3) is 0.385. The second-order valence-corrected chi connectivity index (χ2v) is 13.7. The molecule has 16 heteroatoms. The molecule has 0 atom stereocenters. The average molecular weight is 671 g/mol. The predicted octanol–water partition coefficient (Wildman–Crippen LogP) is 3.90. The van der Waals surface area contributed by atoms with Crippen molar-refractivity contribution in [2.24, 2.45) is 0 Å². The van der Waals surface area contributed by atoms with Crippen LogP contribution in [0.5, 0.6) is 5.75 Å². The van der Waals surface area contributed by atoms with Crippen LogP contribution in [0.15, 0.2) is 51.1 Å². The predicted molar refractivity (Wildman–Crippen MR) is 169 cm³/mol. The van der Waals surface area contributed by atoms with E-state index in [1.165, 1.54) is 56.0 Å². The van der Waals surface area contributed by atoms with Crippen molar-refractivity contribution in [2.45, 2.75) is 73.0 Å². The van der Waals surface area contributed by atoms with Crippen LogP contribution in [0.1, 0.15) is 58.3 Å². The first-order valence-electron chi connectivity index (χ1n) is 12.6. The van der Waals surface area contributed by atoms with E-state index in [0.717, 1.165) is 19.3 Å². The Labute approximate surface area is 312 Å². The van der Waals surface area contributed by atoms with Gasteiger partial charge >= 0.3 is 88.7 Å². The molecule has 0 saturated heterocycles. The van der Waals surface area contributed by atoms with E-state index < -0.39 is 45.0 Å². The fourth-order valence-corrected chi connectivity index (χ4v) is 7.25. The minimum atomic E-state index is -4.96. The van der Waals surface area contributed by atoms with Crippen LogP contribution in [0.2, 0.25) is 0 Å². The molecule has 218 valence electrons. The summed E-state index contributed by atoms with van der Waals surface area (Å²) >= 11 is 0. The second-order valence-electron chi connectivity index (χ2n) is 9.57. The van der Waals surface area contributed by atoms with Gasteiger partial charge < -0.3 is 4.74 Å². The van der Waals surface area contributed by atoms with Gasteiger partial charge in [-0.05, 0) is 18.6 Å². The summed E-state index contributed by atoms with van der Waals surface area (Å²) in [6, 6.07) is 7.11. The van der Waals surface area contributed by atoms with E-state index >= 15 is 0 Å². The molecule has 4 aromatic carbocycles. The number of benzene rings is 4. The van der Waals surface area contributed by atoms with Crippen molar-refractivity contribution in [2.75, 3.05) is 6.61 Å². The van der Waals surface area contributed by atoms with Gasteiger partial charge in [0, 0.05) is 38.4 Å². The molecule has 0 bridgehead atoms. The van der Waals surface area contributed by atoms with Gasteiger partial charge in [-0.1, -0.05) is 70.1 Å². The van der Waals surface area contributed by atoms with Gasteiger partial charge in [0.2, 0.25) is 0 Å². The standard InChI is InChI=1S/C26H30O10S3.3Na.3H/c1-2-3-4-5-6-7-8-9-14-36-21-15-22(37(27,28)29)18-12-13-20-24(39(33,34)35)16-23(38(30,31)32)19-11-10-17(21)25(18)26(19)20;;;;;;/h10-13,15-16H,2-9,14H2,1H3,(H,27,28,29)(H,30,31,32)(H,33,34,35);;;;;;. The van der Waals surface area contributed by atoms with Gasteiger partial charge in [-0.3, -0.25) is 13.7 Å². The van der Waals surface area contributed by atoms with Gasteiger partial charge in [-0.25, -0.2) is 0 Å². The van der Waals surface area contributed by atoms with E-state index in [-0.39, 0.29) is 128 Å². The topological polar surface area (TPSA) is 172 Å². The van der Waals surface area contributed by atoms with E-state index in [4.69, 9.17) is 4.74 Å². The van der Waals surface area contributed by atoms with Crippen LogP contribution in [0.3, 0.4) is 0 Å². The van der Waals surface area contributed by atoms with Crippen molar-refractivity contribution in [3.8, 4) is 5.75 Å². The number of hydrogen-bond acceptors (Lipinski definition) is 7. The van der Waals surface area contributed by atoms with E-state index in [9.17, 15) is 38.9 Å².